The van der Waals surface area contributed by atoms with Crippen LogP contribution in [0.5, 0.6) is 5.75 Å². The van der Waals surface area contributed by atoms with E-state index in [4.69, 9.17) is 4.74 Å². The SMILES string of the molecule is COc1cc([N+](=O)[O-])c2[nH]cc(CC[NH3+])c2c1. The largest absolute Gasteiger partial charge is 0.496 e. The molecule has 6 heteroatoms. The number of nitro benzene ring substituents is 1. The third-order valence-electron chi connectivity index (χ3n) is 2.71. The summed E-state index contributed by atoms with van der Waals surface area (Å²) in [5.74, 6) is 0.495. The molecule has 1 aromatic carbocycles. The molecule has 0 saturated carbocycles. The molecular formula is C11H14N3O3+. The van der Waals surface area contributed by atoms with Crippen LogP contribution in [0.15, 0.2) is 18.3 Å². The van der Waals surface area contributed by atoms with Gasteiger partial charge in [0.2, 0.25) is 0 Å². The molecule has 0 aliphatic heterocycles. The number of H-pyrrole nitrogens is 1. The molecule has 0 fully saturated rings. The third kappa shape index (κ3) is 1.94. The summed E-state index contributed by atoms with van der Waals surface area (Å²) in [6.45, 7) is 0.748. The van der Waals surface area contributed by atoms with Crippen LogP contribution in [0.4, 0.5) is 5.69 Å². The van der Waals surface area contributed by atoms with Gasteiger partial charge in [-0.2, -0.15) is 0 Å². The number of aromatic nitrogens is 1. The van der Waals surface area contributed by atoms with Crippen molar-refractivity contribution in [2.75, 3.05) is 13.7 Å². The zero-order chi connectivity index (χ0) is 12.4. The van der Waals surface area contributed by atoms with Crippen LogP contribution in [0.25, 0.3) is 10.9 Å². The molecule has 1 heterocycles. The first-order valence-electron chi connectivity index (χ1n) is 5.29. The predicted molar refractivity (Wildman–Crippen MR) is 63.0 cm³/mol. The maximum atomic E-state index is 11.0. The molecule has 4 N–H and O–H groups in total. The van der Waals surface area contributed by atoms with Crippen LogP contribution in [0, 0.1) is 10.1 Å². The van der Waals surface area contributed by atoms with Crippen molar-refractivity contribution in [1.82, 2.24) is 4.98 Å². The second-order valence-corrected chi connectivity index (χ2v) is 3.74. The van der Waals surface area contributed by atoms with Gasteiger partial charge in [0.15, 0.2) is 0 Å². The Morgan fingerprint density at radius 1 is 1.53 bits per heavy atom. The van der Waals surface area contributed by atoms with Gasteiger partial charge in [-0.05, 0) is 11.6 Å². The van der Waals surface area contributed by atoms with Crippen molar-refractivity contribution in [3.05, 3.63) is 34.0 Å². The first-order chi connectivity index (χ1) is 8.17. The number of methoxy groups -OCH3 is 1. The molecule has 0 unspecified atom stereocenters. The summed E-state index contributed by atoms with van der Waals surface area (Å²) in [5.41, 5.74) is 5.39. The fourth-order valence-corrected chi connectivity index (χ4v) is 1.90. The Labute approximate surface area is 97.5 Å². The Morgan fingerprint density at radius 2 is 2.29 bits per heavy atom. The second kappa shape index (κ2) is 4.42. The molecule has 0 aliphatic rings. The third-order valence-corrected chi connectivity index (χ3v) is 2.71. The zero-order valence-corrected chi connectivity index (χ0v) is 9.53. The van der Waals surface area contributed by atoms with Gasteiger partial charge < -0.3 is 15.5 Å². The number of hydrogen-bond acceptors (Lipinski definition) is 3. The minimum absolute atomic E-state index is 0.0367. The number of non-ortho nitro benzene ring substituents is 1. The highest BCUT2D eigenvalue weighted by Gasteiger charge is 2.17. The molecule has 0 atom stereocenters. The van der Waals surface area contributed by atoms with E-state index in [1.54, 1.807) is 6.20 Å². The topological polar surface area (TPSA) is 95.8 Å². The van der Waals surface area contributed by atoms with E-state index < -0.39 is 4.92 Å². The predicted octanol–water partition coefficient (Wildman–Crippen LogP) is 0.869. The number of nitrogens with one attached hydrogen (secondary N) is 1. The smallest absolute Gasteiger partial charge is 0.296 e. The van der Waals surface area contributed by atoms with Crippen LogP contribution in [0.3, 0.4) is 0 Å². The van der Waals surface area contributed by atoms with Crippen molar-refractivity contribution in [3.8, 4) is 5.75 Å². The lowest BCUT2D eigenvalue weighted by molar-refractivity contribution is -0.383. The van der Waals surface area contributed by atoms with E-state index in [0.717, 1.165) is 23.9 Å². The molecule has 0 spiro atoms. The van der Waals surface area contributed by atoms with E-state index in [1.165, 1.54) is 13.2 Å². The summed E-state index contributed by atoms with van der Waals surface area (Å²) in [4.78, 5) is 13.5. The molecule has 0 aliphatic carbocycles. The summed E-state index contributed by atoms with van der Waals surface area (Å²) >= 11 is 0. The molecule has 0 amide bonds. The van der Waals surface area contributed by atoms with E-state index in [2.05, 4.69) is 10.7 Å². The maximum Gasteiger partial charge on any atom is 0.296 e. The van der Waals surface area contributed by atoms with Crippen molar-refractivity contribution in [1.29, 1.82) is 0 Å². The highest BCUT2D eigenvalue weighted by atomic mass is 16.6. The average molecular weight is 236 g/mol. The fourth-order valence-electron chi connectivity index (χ4n) is 1.90. The van der Waals surface area contributed by atoms with Gasteiger partial charge in [-0.25, -0.2) is 0 Å². The lowest BCUT2D eigenvalue weighted by atomic mass is 10.1. The van der Waals surface area contributed by atoms with Crippen LogP contribution in [0.1, 0.15) is 5.56 Å². The van der Waals surface area contributed by atoms with Crippen LogP contribution in [0.2, 0.25) is 0 Å². The fraction of sp³-hybridized carbons (Fsp3) is 0.273. The normalized spacial score (nSPS) is 10.7. The van der Waals surface area contributed by atoms with Gasteiger partial charge in [0, 0.05) is 18.0 Å². The molecule has 0 bridgehead atoms. The summed E-state index contributed by atoms with van der Waals surface area (Å²) in [5, 5.41) is 11.8. The lowest BCUT2D eigenvalue weighted by Gasteiger charge is -2.02. The molecule has 0 saturated heterocycles. The van der Waals surface area contributed by atoms with Crippen LogP contribution in [-0.2, 0) is 6.42 Å². The summed E-state index contributed by atoms with van der Waals surface area (Å²) < 4.78 is 5.08. The van der Waals surface area contributed by atoms with Crippen molar-refractivity contribution in [3.63, 3.8) is 0 Å². The molecule has 17 heavy (non-hydrogen) atoms. The molecule has 2 aromatic rings. The first-order valence-corrected chi connectivity index (χ1v) is 5.29. The molecule has 1 aromatic heterocycles. The number of quaternary nitrogens is 1. The quantitative estimate of drug-likeness (QED) is 0.609. The van der Waals surface area contributed by atoms with Gasteiger partial charge in [0.05, 0.1) is 24.6 Å². The van der Waals surface area contributed by atoms with Crippen LogP contribution in [-0.4, -0.2) is 23.6 Å². The summed E-state index contributed by atoms with van der Waals surface area (Å²) in [7, 11) is 1.50. The number of fused-ring (bicyclic) bond motifs is 1. The number of ether oxygens (including phenoxy) is 1. The number of nitro groups is 1. The molecule has 0 radical (unpaired) electrons. The summed E-state index contributed by atoms with van der Waals surface area (Å²) in [6, 6.07) is 3.23. The van der Waals surface area contributed by atoms with Crippen molar-refractivity contribution < 1.29 is 15.4 Å². The van der Waals surface area contributed by atoms with Crippen LogP contribution < -0.4 is 10.5 Å². The highest BCUT2D eigenvalue weighted by Crippen LogP contribution is 2.32. The Hall–Kier alpha value is -2.08. The number of nitrogens with zero attached hydrogens (tertiary/aromatic N) is 1. The Morgan fingerprint density at radius 3 is 2.88 bits per heavy atom. The number of rotatable bonds is 4. The maximum absolute atomic E-state index is 11.0. The first kappa shape index (κ1) is 11.4. The summed E-state index contributed by atoms with van der Waals surface area (Å²) in [6.07, 6.45) is 2.58. The number of hydrogen-bond donors (Lipinski definition) is 2. The van der Waals surface area contributed by atoms with Gasteiger partial charge in [-0.15, -0.1) is 0 Å². The second-order valence-electron chi connectivity index (χ2n) is 3.74. The molecule has 90 valence electrons. The molecular weight excluding hydrogens is 222 g/mol. The van der Waals surface area contributed by atoms with Gasteiger partial charge in [-0.1, -0.05) is 0 Å². The minimum atomic E-state index is -0.407. The van der Waals surface area contributed by atoms with E-state index >= 15 is 0 Å². The standard InChI is InChI=1S/C11H13N3O3/c1-17-8-4-9-7(2-3-12)6-13-11(9)10(5-8)14(15)16/h4-6,13H,2-3,12H2,1H3/p+1. The monoisotopic (exact) mass is 236 g/mol. The van der Waals surface area contributed by atoms with Crippen LogP contribution >= 0.6 is 0 Å². The van der Waals surface area contributed by atoms with Gasteiger partial charge in [0.25, 0.3) is 5.69 Å². The Kier molecular flexibility index (Phi) is 2.97. The highest BCUT2D eigenvalue weighted by molar-refractivity contribution is 5.92. The van der Waals surface area contributed by atoms with Crippen molar-refractivity contribution >= 4 is 16.6 Å². The Bertz CT molecular complexity index is 562. The zero-order valence-electron chi connectivity index (χ0n) is 9.53. The van der Waals surface area contributed by atoms with Crippen molar-refractivity contribution in [2.45, 2.75) is 6.42 Å². The van der Waals surface area contributed by atoms with E-state index in [0.29, 0.717) is 11.3 Å². The minimum Gasteiger partial charge on any atom is -0.496 e. The van der Waals surface area contributed by atoms with Crippen molar-refractivity contribution in [2.24, 2.45) is 0 Å². The van der Waals surface area contributed by atoms with Gasteiger partial charge >= 0.3 is 0 Å². The molecule has 6 nitrogen and oxygen atoms in total. The number of benzene rings is 1. The number of aromatic amines is 1. The van der Waals surface area contributed by atoms with Gasteiger partial charge in [0.1, 0.15) is 11.3 Å². The molecule has 2 rings (SSSR count). The average Bonchev–Trinajstić information content (AvgIpc) is 2.71. The van der Waals surface area contributed by atoms with Gasteiger partial charge in [-0.3, -0.25) is 10.1 Å². The van der Waals surface area contributed by atoms with E-state index in [1.807, 2.05) is 6.07 Å². The van der Waals surface area contributed by atoms with E-state index in [9.17, 15) is 10.1 Å². The lowest BCUT2D eigenvalue weighted by Crippen LogP contribution is -2.51. The Balaban J connectivity index is 2.69. The van der Waals surface area contributed by atoms with E-state index in [-0.39, 0.29) is 5.69 Å².